The first-order chi connectivity index (χ1) is 8.50. The third kappa shape index (κ3) is 2.53. The molecule has 0 fully saturated rings. The van der Waals surface area contributed by atoms with E-state index in [0.29, 0.717) is 6.42 Å². The van der Waals surface area contributed by atoms with Crippen molar-refractivity contribution in [3.63, 3.8) is 0 Å². The fourth-order valence-electron chi connectivity index (χ4n) is 1.74. The predicted octanol–water partition coefficient (Wildman–Crippen LogP) is 1.02. The first-order valence-electron chi connectivity index (χ1n) is 5.54. The van der Waals surface area contributed by atoms with E-state index < -0.39 is 9.84 Å². The van der Waals surface area contributed by atoms with E-state index in [1.54, 1.807) is 30.6 Å². The molecule has 6 heteroatoms. The topological polar surface area (TPSA) is 78.0 Å². The summed E-state index contributed by atoms with van der Waals surface area (Å²) < 4.78 is 26.1. The lowest BCUT2D eigenvalue weighted by molar-refractivity contribution is 0.594. The Labute approximate surface area is 106 Å². The monoisotopic (exact) mass is 265 g/mol. The Hall–Kier alpha value is -1.82. The van der Waals surface area contributed by atoms with Crippen LogP contribution in [-0.2, 0) is 23.3 Å². The minimum absolute atomic E-state index is 0.00602. The summed E-state index contributed by atoms with van der Waals surface area (Å²) in [5, 5.41) is 0. The van der Waals surface area contributed by atoms with Crippen molar-refractivity contribution in [1.82, 2.24) is 9.55 Å². The maximum atomic E-state index is 12.1. The van der Waals surface area contributed by atoms with Gasteiger partial charge in [0.15, 0.2) is 9.84 Å². The molecule has 1 aromatic heterocycles. The van der Waals surface area contributed by atoms with E-state index in [1.165, 1.54) is 6.07 Å². The summed E-state index contributed by atoms with van der Waals surface area (Å²) in [7, 11) is -1.52. The summed E-state index contributed by atoms with van der Waals surface area (Å²) in [5.41, 5.74) is 5.97. The molecule has 18 heavy (non-hydrogen) atoms. The van der Waals surface area contributed by atoms with Crippen LogP contribution in [0.3, 0.4) is 0 Å². The van der Waals surface area contributed by atoms with Crippen LogP contribution in [-0.4, -0.2) is 23.7 Å². The van der Waals surface area contributed by atoms with Crippen molar-refractivity contribution in [2.45, 2.75) is 11.3 Å². The van der Waals surface area contributed by atoms with E-state index in [2.05, 4.69) is 4.98 Å². The summed E-state index contributed by atoms with van der Waals surface area (Å²) in [6.45, 7) is 0. The average molecular weight is 265 g/mol. The SMILES string of the molecule is Cn1ccnc1CCS(=O)(=O)c1ccccc1N. The Kier molecular flexibility index (Phi) is 3.38. The van der Waals surface area contributed by atoms with E-state index in [1.807, 2.05) is 11.6 Å². The fraction of sp³-hybridized carbons (Fsp3) is 0.250. The minimum Gasteiger partial charge on any atom is -0.398 e. The lowest BCUT2D eigenvalue weighted by Gasteiger charge is -2.07. The fourth-order valence-corrected chi connectivity index (χ4v) is 3.12. The van der Waals surface area contributed by atoms with Gasteiger partial charge in [-0.25, -0.2) is 13.4 Å². The molecule has 5 nitrogen and oxygen atoms in total. The molecular formula is C12H15N3O2S. The van der Waals surface area contributed by atoms with Crippen LogP contribution in [0.2, 0.25) is 0 Å². The number of hydrogen-bond donors (Lipinski definition) is 1. The number of sulfone groups is 1. The van der Waals surface area contributed by atoms with Crippen LogP contribution < -0.4 is 5.73 Å². The van der Waals surface area contributed by atoms with E-state index in [0.717, 1.165) is 5.82 Å². The molecule has 0 bridgehead atoms. The van der Waals surface area contributed by atoms with Gasteiger partial charge in [-0.2, -0.15) is 0 Å². The van der Waals surface area contributed by atoms with Crippen LogP contribution >= 0.6 is 0 Å². The maximum Gasteiger partial charge on any atom is 0.180 e. The van der Waals surface area contributed by atoms with E-state index in [-0.39, 0.29) is 16.3 Å². The van der Waals surface area contributed by atoms with Gasteiger partial charge in [0.1, 0.15) is 5.82 Å². The van der Waals surface area contributed by atoms with Crippen LogP contribution in [0, 0.1) is 0 Å². The van der Waals surface area contributed by atoms with Crippen molar-refractivity contribution in [3.8, 4) is 0 Å². The van der Waals surface area contributed by atoms with Gasteiger partial charge < -0.3 is 10.3 Å². The third-order valence-corrected chi connectivity index (χ3v) is 4.55. The van der Waals surface area contributed by atoms with Crippen LogP contribution in [0.15, 0.2) is 41.6 Å². The molecule has 0 radical (unpaired) electrons. The molecule has 2 N–H and O–H groups in total. The molecule has 0 aliphatic carbocycles. The number of nitrogens with zero attached hydrogens (tertiary/aromatic N) is 2. The summed E-state index contributed by atoms with van der Waals surface area (Å²) in [5.74, 6) is 0.750. The average Bonchev–Trinajstić information content (AvgIpc) is 2.73. The number of hydrogen-bond acceptors (Lipinski definition) is 4. The molecule has 0 aliphatic rings. The van der Waals surface area contributed by atoms with Gasteiger partial charge in [-0.3, -0.25) is 0 Å². The van der Waals surface area contributed by atoms with E-state index >= 15 is 0 Å². The summed E-state index contributed by atoms with van der Waals surface area (Å²) in [6, 6.07) is 6.51. The Balaban J connectivity index is 2.19. The number of nitrogen functional groups attached to an aromatic ring is 1. The number of rotatable bonds is 4. The van der Waals surface area contributed by atoms with Crippen molar-refractivity contribution in [2.24, 2.45) is 7.05 Å². The first-order valence-corrected chi connectivity index (χ1v) is 7.19. The normalized spacial score (nSPS) is 11.6. The number of anilines is 1. The van der Waals surface area contributed by atoms with Gasteiger partial charge in [-0.1, -0.05) is 12.1 Å². The lowest BCUT2D eigenvalue weighted by Crippen LogP contribution is -2.13. The molecule has 0 amide bonds. The number of benzene rings is 1. The van der Waals surface area contributed by atoms with Crippen molar-refractivity contribution in [3.05, 3.63) is 42.5 Å². The highest BCUT2D eigenvalue weighted by Crippen LogP contribution is 2.19. The highest BCUT2D eigenvalue weighted by atomic mass is 32.2. The van der Waals surface area contributed by atoms with Gasteiger partial charge in [-0.15, -0.1) is 0 Å². The van der Waals surface area contributed by atoms with E-state index in [4.69, 9.17) is 5.73 Å². The molecule has 1 heterocycles. The lowest BCUT2D eigenvalue weighted by atomic mass is 10.3. The maximum absolute atomic E-state index is 12.1. The molecule has 0 unspecified atom stereocenters. The number of imidazole rings is 1. The summed E-state index contributed by atoms with van der Waals surface area (Å²) in [6.07, 6.45) is 3.82. The molecule has 0 atom stereocenters. The number of aryl methyl sites for hydroxylation is 2. The largest absolute Gasteiger partial charge is 0.398 e. The van der Waals surface area contributed by atoms with Gasteiger partial charge in [0, 0.05) is 25.9 Å². The quantitative estimate of drug-likeness (QED) is 0.837. The second-order valence-electron chi connectivity index (χ2n) is 4.06. The van der Waals surface area contributed by atoms with Crippen molar-refractivity contribution < 1.29 is 8.42 Å². The van der Waals surface area contributed by atoms with Crippen LogP contribution in [0.25, 0.3) is 0 Å². The Morgan fingerprint density at radius 1 is 1.33 bits per heavy atom. The second-order valence-corrected chi connectivity index (χ2v) is 6.14. The molecule has 1 aromatic carbocycles. The zero-order valence-corrected chi connectivity index (χ0v) is 10.9. The Bertz CT molecular complexity index is 647. The molecule has 0 aliphatic heterocycles. The number of nitrogens with two attached hydrogens (primary N) is 1. The Morgan fingerprint density at radius 3 is 2.67 bits per heavy atom. The Morgan fingerprint density at radius 2 is 2.06 bits per heavy atom. The molecule has 0 saturated heterocycles. The summed E-state index contributed by atoms with van der Waals surface area (Å²) in [4.78, 5) is 4.30. The van der Waals surface area contributed by atoms with Gasteiger partial charge in [0.25, 0.3) is 0 Å². The van der Waals surface area contributed by atoms with Crippen LogP contribution in [0.4, 0.5) is 5.69 Å². The standard InChI is InChI=1S/C12H15N3O2S/c1-15-8-7-14-12(15)6-9-18(16,17)11-5-3-2-4-10(11)13/h2-5,7-8H,6,9,13H2,1H3. The minimum atomic E-state index is -3.36. The van der Waals surface area contributed by atoms with Crippen molar-refractivity contribution >= 4 is 15.5 Å². The molecule has 96 valence electrons. The van der Waals surface area contributed by atoms with Gasteiger partial charge in [0.2, 0.25) is 0 Å². The molecule has 0 saturated carbocycles. The van der Waals surface area contributed by atoms with Crippen LogP contribution in [0.1, 0.15) is 5.82 Å². The number of para-hydroxylation sites is 1. The molecule has 2 aromatic rings. The van der Waals surface area contributed by atoms with Crippen molar-refractivity contribution in [1.29, 1.82) is 0 Å². The predicted molar refractivity (Wildman–Crippen MR) is 69.8 cm³/mol. The van der Waals surface area contributed by atoms with Gasteiger partial charge >= 0.3 is 0 Å². The zero-order valence-electron chi connectivity index (χ0n) is 10.1. The summed E-state index contributed by atoms with van der Waals surface area (Å²) >= 11 is 0. The smallest absolute Gasteiger partial charge is 0.180 e. The van der Waals surface area contributed by atoms with Crippen molar-refractivity contribution in [2.75, 3.05) is 11.5 Å². The van der Waals surface area contributed by atoms with E-state index in [9.17, 15) is 8.42 Å². The second kappa shape index (κ2) is 4.81. The van der Waals surface area contributed by atoms with Gasteiger partial charge in [0.05, 0.1) is 16.3 Å². The third-order valence-electron chi connectivity index (χ3n) is 2.77. The molecular weight excluding hydrogens is 250 g/mol. The molecule has 0 spiro atoms. The number of aromatic nitrogens is 2. The zero-order chi connectivity index (χ0) is 13.2. The van der Waals surface area contributed by atoms with Gasteiger partial charge in [-0.05, 0) is 12.1 Å². The molecule has 2 rings (SSSR count). The highest BCUT2D eigenvalue weighted by molar-refractivity contribution is 7.91. The first kappa shape index (κ1) is 12.6. The van der Waals surface area contributed by atoms with Crippen LogP contribution in [0.5, 0.6) is 0 Å². The highest BCUT2D eigenvalue weighted by Gasteiger charge is 2.17.